The number of Topliss-reactive ketones (excluding diaryl/α,β-unsaturated/α-hetero) is 1. The Balaban J connectivity index is 2.20. The van der Waals surface area contributed by atoms with Gasteiger partial charge in [-0.1, -0.05) is 23.8 Å². The van der Waals surface area contributed by atoms with Gasteiger partial charge in [-0.25, -0.2) is 4.79 Å². The average Bonchev–Trinajstić information content (AvgIpc) is 2.36. The van der Waals surface area contributed by atoms with E-state index >= 15 is 0 Å². The molecule has 0 saturated carbocycles. The summed E-state index contributed by atoms with van der Waals surface area (Å²) >= 11 is 0. The number of hydrogen-bond acceptors (Lipinski definition) is 3. The fourth-order valence-corrected chi connectivity index (χ4v) is 1.88. The first-order valence-electron chi connectivity index (χ1n) is 7.34. The number of amides is 1. The third kappa shape index (κ3) is 7.49. The van der Waals surface area contributed by atoms with Crippen LogP contribution in [0.3, 0.4) is 0 Å². The molecule has 1 amide bonds. The van der Waals surface area contributed by atoms with Gasteiger partial charge in [0.25, 0.3) is 0 Å². The van der Waals surface area contributed by atoms with Crippen molar-refractivity contribution in [2.75, 3.05) is 6.54 Å². The van der Waals surface area contributed by atoms with Crippen LogP contribution in [0, 0.1) is 6.92 Å². The minimum Gasteiger partial charge on any atom is -0.444 e. The summed E-state index contributed by atoms with van der Waals surface area (Å²) in [6, 6.07) is 7.61. The van der Waals surface area contributed by atoms with Crippen molar-refractivity contribution >= 4 is 11.9 Å². The number of hydrogen-bond donors (Lipinski definition) is 1. The van der Waals surface area contributed by atoms with Gasteiger partial charge in [0.2, 0.25) is 0 Å². The summed E-state index contributed by atoms with van der Waals surface area (Å²) in [5.74, 6) is 0.149. The molecule has 116 valence electrons. The molecule has 1 rings (SSSR count). The Morgan fingerprint density at radius 2 is 1.90 bits per heavy atom. The Morgan fingerprint density at radius 3 is 2.52 bits per heavy atom. The Morgan fingerprint density at radius 1 is 1.19 bits per heavy atom. The average molecular weight is 291 g/mol. The van der Waals surface area contributed by atoms with E-state index in [9.17, 15) is 9.59 Å². The van der Waals surface area contributed by atoms with Gasteiger partial charge in [0.05, 0.1) is 0 Å². The normalized spacial score (nSPS) is 11.0. The van der Waals surface area contributed by atoms with Gasteiger partial charge in [0.15, 0.2) is 5.78 Å². The number of carbonyl (C=O) groups is 2. The van der Waals surface area contributed by atoms with Gasteiger partial charge in [0, 0.05) is 18.5 Å². The maximum absolute atomic E-state index is 12.0. The number of ketones is 1. The topological polar surface area (TPSA) is 55.4 Å². The molecule has 4 nitrogen and oxygen atoms in total. The predicted molar refractivity (Wildman–Crippen MR) is 83.6 cm³/mol. The Hall–Kier alpha value is -1.84. The molecule has 0 aliphatic rings. The molecule has 0 spiro atoms. The van der Waals surface area contributed by atoms with E-state index in [1.54, 1.807) is 0 Å². The van der Waals surface area contributed by atoms with Crippen LogP contribution < -0.4 is 5.32 Å². The van der Waals surface area contributed by atoms with E-state index in [1.165, 1.54) is 0 Å². The first-order valence-corrected chi connectivity index (χ1v) is 7.34. The third-order valence-electron chi connectivity index (χ3n) is 2.84. The van der Waals surface area contributed by atoms with Crippen LogP contribution >= 0.6 is 0 Å². The summed E-state index contributed by atoms with van der Waals surface area (Å²) in [4.78, 5) is 23.4. The smallest absolute Gasteiger partial charge is 0.407 e. The summed E-state index contributed by atoms with van der Waals surface area (Å²) in [6.07, 6.45) is 1.60. The van der Waals surface area contributed by atoms with E-state index in [-0.39, 0.29) is 5.78 Å². The van der Waals surface area contributed by atoms with Gasteiger partial charge < -0.3 is 10.1 Å². The van der Waals surface area contributed by atoms with Gasteiger partial charge in [-0.05, 0) is 46.6 Å². The molecule has 0 aromatic heterocycles. The van der Waals surface area contributed by atoms with E-state index < -0.39 is 11.7 Å². The lowest BCUT2D eigenvalue weighted by Crippen LogP contribution is -2.33. The third-order valence-corrected chi connectivity index (χ3v) is 2.84. The first-order chi connectivity index (χ1) is 9.78. The van der Waals surface area contributed by atoms with E-state index in [4.69, 9.17) is 4.74 Å². The van der Waals surface area contributed by atoms with Gasteiger partial charge in [0.1, 0.15) is 5.60 Å². The predicted octanol–water partition coefficient (Wildman–Crippen LogP) is 3.87. The standard InChI is InChI=1S/C17H25NO3/c1-13-8-7-9-14(12-13)15(19)10-5-6-11-18-16(20)21-17(2,3)4/h7-9,12H,5-6,10-11H2,1-4H3,(H,18,20). The molecule has 21 heavy (non-hydrogen) atoms. The highest BCUT2D eigenvalue weighted by atomic mass is 16.6. The van der Waals surface area contributed by atoms with E-state index in [2.05, 4.69) is 5.32 Å². The Bertz CT molecular complexity index is 489. The second kappa shape index (κ2) is 7.81. The van der Waals surface area contributed by atoms with Crippen LogP contribution in [-0.2, 0) is 4.74 Å². The quantitative estimate of drug-likeness (QED) is 0.639. The highest BCUT2D eigenvalue weighted by molar-refractivity contribution is 5.96. The number of carbonyl (C=O) groups excluding carboxylic acids is 2. The van der Waals surface area contributed by atoms with Crippen molar-refractivity contribution in [3.63, 3.8) is 0 Å². The zero-order valence-electron chi connectivity index (χ0n) is 13.4. The molecular weight excluding hydrogens is 266 g/mol. The molecule has 0 fully saturated rings. The Kier molecular flexibility index (Phi) is 6.40. The van der Waals surface area contributed by atoms with Crippen molar-refractivity contribution in [3.05, 3.63) is 35.4 Å². The SMILES string of the molecule is Cc1cccc(C(=O)CCCCNC(=O)OC(C)(C)C)c1. The number of alkyl carbamates (subject to hydrolysis) is 1. The van der Waals surface area contributed by atoms with Crippen LogP contribution in [0.5, 0.6) is 0 Å². The van der Waals surface area contributed by atoms with Crippen molar-refractivity contribution in [3.8, 4) is 0 Å². The summed E-state index contributed by atoms with van der Waals surface area (Å²) in [5, 5.41) is 2.69. The van der Waals surface area contributed by atoms with Crippen LogP contribution in [0.4, 0.5) is 4.79 Å². The number of benzene rings is 1. The molecule has 0 heterocycles. The highest BCUT2D eigenvalue weighted by Crippen LogP contribution is 2.09. The molecule has 0 aliphatic carbocycles. The lowest BCUT2D eigenvalue weighted by atomic mass is 10.0. The molecular formula is C17H25NO3. The number of unbranched alkanes of at least 4 members (excludes halogenated alkanes) is 1. The molecule has 0 radical (unpaired) electrons. The fraction of sp³-hybridized carbons (Fsp3) is 0.529. The molecule has 1 aromatic carbocycles. The van der Waals surface area contributed by atoms with Crippen LogP contribution in [0.1, 0.15) is 56.0 Å². The van der Waals surface area contributed by atoms with Gasteiger partial charge in [-0.2, -0.15) is 0 Å². The number of nitrogens with one attached hydrogen (secondary N) is 1. The molecule has 0 bridgehead atoms. The van der Waals surface area contributed by atoms with Crippen LogP contribution in [-0.4, -0.2) is 24.0 Å². The molecule has 0 atom stereocenters. The fourth-order valence-electron chi connectivity index (χ4n) is 1.88. The largest absolute Gasteiger partial charge is 0.444 e. The molecule has 0 saturated heterocycles. The molecule has 0 unspecified atom stereocenters. The summed E-state index contributed by atoms with van der Waals surface area (Å²) < 4.78 is 5.13. The lowest BCUT2D eigenvalue weighted by molar-refractivity contribution is 0.0527. The summed E-state index contributed by atoms with van der Waals surface area (Å²) in [5.41, 5.74) is 1.37. The van der Waals surface area contributed by atoms with Gasteiger partial charge >= 0.3 is 6.09 Å². The summed E-state index contributed by atoms with van der Waals surface area (Å²) in [6.45, 7) is 7.98. The monoisotopic (exact) mass is 291 g/mol. The maximum Gasteiger partial charge on any atom is 0.407 e. The number of rotatable bonds is 6. The minimum absolute atomic E-state index is 0.149. The van der Waals surface area contributed by atoms with Gasteiger partial charge in [-0.15, -0.1) is 0 Å². The lowest BCUT2D eigenvalue weighted by Gasteiger charge is -2.19. The van der Waals surface area contributed by atoms with E-state index in [0.29, 0.717) is 13.0 Å². The zero-order chi connectivity index (χ0) is 15.9. The maximum atomic E-state index is 12.0. The number of aryl methyl sites for hydroxylation is 1. The van der Waals surface area contributed by atoms with Crippen molar-refractivity contribution in [2.45, 2.75) is 52.6 Å². The van der Waals surface area contributed by atoms with Crippen molar-refractivity contribution in [2.24, 2.45) is 0 Å². The molecule has 0 aliphatic heterocycles. The van der Waals surface area contributed by atoms with Crippen LogP contribution in [0.25, 0.3) is 0 Å². The van der Waals surface area contributed by atoms with Gasteiger partial charge in [-0.3, -0.25) is 4.79 Å². The Labute approximate surface area is 126 Å². The summed E-state index contributed by atoms with van der Waals surface area (Å²) in [7, 11) is 0. The second-order valence-corrected chi connectivity index (χ2v) is 6.18. The molecule has 1 N–H and O–H groups in total. The minimum atomic E-state index is -0.481. The highest BCUT2D eigenvalue weighted by Gasteiger charge is 2.15. The van der Waals surface area contributed by atoms with Crippen molar-refractivity contribution in [1.29, 1.82) is 0 Å². The van der Waals surface area contributed by atoms with Crippen LogP contribution in [0.2, 0.25) is 0 Å². The van der Waals surface area contributed by atoms with E-state index in [0.717, 1.165) is 24.0 Å². The second-order valence-electron chi connectivity index (χ2n) is 6.18. The van der Waals surface area contributed by atoms with E-state index in [1.807, 2.05) is 52.0 Å². The van der Waals surface area contributed by atoms with Crippen molar-refractivity contribution in [1.82, 2.24) is 5.32 Å². The first kappa shape index (κ1) is 17.2. The zero-order valence-corrected chi connectivity index (χ0v) is 13.4. The molecule has 1 aromatic rings. The number of ether oxygens (including phenoxy) is 1. The van der Waals surface area contributed by atoms with Crippen LogP contribution in [0.15, 0.2) is 24.3 Å². The van der Waals surface area contributed by atoms with Crippen molar-refractivity contribution < 1.29 is 14.3 Å². The molecule has 4 heteroatoms.